The molecule has 1 rings (SSSR count). The first-order valence-corrected chi connectivity index (χ1v) is 5.77. The average molecular weight is 215 g/mol. The van der Waals surface area contributed by atoms with Gasteiger partial charge in [-0.25, -0.2) is 4.79 Å². The van der Waals surface area contributed by atoms with Crippen LogP contribution in [0.5, 0.6) is 0 Å². The van der Waals surface area contributed by atoms with Crippen molar-refractivity contribution in [1.82, 2.24) is 4.90 Å². The molecule has 4 heteroatoms. The maximum Gasteiger partial charge on any atom is 0.409 e. The Hall–Kier alpha value is -0.770. The Morgan fingerprint density at radius 2 is 2.20 bits per heavy atom. The van der Waals surface area contributed by atoms with E-state index < -0.39 is 0 Å². The lowest BCUT2D eigenvalue weighted by Gasteiger charge is -2.31. The van der Waals surface area contributed by atoms with E-state index >= 15 is 0 Å². The lowest BCUT2D eigenvalue weighted by Crippen LogP contribution is -2.41. The van der Waals surface area contributed by atoms with Crippen LogP contribution >= 0.6 is 0 Å². The smallest absolute Gasteiger partial charge is 0.409 e. The van der Waals surface area contributed by atoms with Crippen molar-refractivity contribution in [3.63, 3.8) is 0 Å². The third kappa shape index (κ3) is 4.08. The number of ether oxygens (including phenoxy) is 2. The van der Waals surface area contributed by atoms with Crippen molar-refractivity contribution in [3.05, 3.63) is 0 Å². The highest BCUT2D eigenvalue weighted by Gasteiger charge is 2.24. The Bertz CT molecular complexity index is 196. The van der Waals surface area contributed by atoms with Crippen LogP contribution in [0.4, 0.5) is 4.79 Å². The highest BCUT2D eigenvalue weighted by atomic mass is 16.6. The van der Waals surface area contributed by atoms with Gasteiger partial charge in [-0.15, -0.1) is 0 Å². The maximum absolute atomic E-state index is 11.5. The van der Waals surface area contributed by atoms with Crippen LogP contribution in [0.3, 0.4) is 0 Å². The Balaban J connectivity index is 2.31. The zero-order valence-corrected chi connectivity index (χ0v) is 9.70. The molecule has 0 aliphatic carbocycles. The summed E-state index contributed by atoms with van der Waals surface area (Å²) in [4.78, 5) is 13.3. The first-order chi connectivity index (χ1) is 7.27. The Morgan fingerprint density at radius 3 is 2.87 bits per heavy atom. The largest absolute Gasteiger partial charge is 0.450 e. The van der Waals surface area contributed by atoms with Gasteiger partial charge in [0.25, 0.3) is 0 Å². The zero-order valence-electron chi connectivity index (χ0n) is 9.70. The summed E-state index contributed by atoms with van der Waals surface area (Å²) in [5.41, 5.74) is 0. The molecule has 0 aromatic heterocycles. The molecule has 1 unspecified atom stereocenters. The minimum Gasteiger partial charge on any atom is -0.450 e. The second-order valence-corrected chi connectivity index (χ2v) is 3.81. The van der Waals surface area contributed by atoms with E-state index in [2.05, 4.69) is 0 Å². The lowest BCUT2D eigenvalue weighted by molar-refractivity contribution is 0.0539. The van der Waals surface area contributed by atoms with Crippen LogP contribution < -0.4 is 0 Å². The summed E-state index contributed by atoms with van der Waals surface area (Å²) in [6.07, 6.45) is 2.02. The third-order valence-corrected chi connectivity index (χ3v) is 2.60. The lowest BCUT2D eigenvalue weighted by atomic mass is 9.99. The van der Waals surface area contributed by atoms with Gasteiger partial charge in [0.2, 0.25) is 0 Å². The first kappa shape index (κ1) is 12.3. The van der Waals surface area contributed by atoms with Crippen molar-refractivity contribution in [2.75, 3.05) is 32.9 Å². The van der Waals surface area contributed by atoms with E-state index in [-0.39, 0.29) is 6.09 Å². The van der Waals surface area contributed by atoms with Gasteiger partial charge in [-0.3, -0.25) is 0 Å². The van der Waals surface area contributed by atoms with Gasteiger partial charge >= 0.3 is 6.09 Å². The molecule has 0 aromatic rings. The topological polar surface area (TPSA) is 38.8 Å². The first-order valence-electron chi connectivity index (χ1n) is 5.77. The van der Waals surface area contributed by atoms with Crippen molar-refractivity contribution >= 4 is 6.09 Å². The van der Waals surface area contributed by atoms with Gasteiger partial charge in [0, 0.05) is 25.6 Å². The van der Waals surface area contributed by atoms with Crippen molar-refractivity contribution in [3.8, 4) is 0 Å². The fourth-order valence-electron chi connectivity index (χ4n) is 1.87. The average Bonchev–Trinajstić information content (AvgIpc) is 2.27. The fourth-order valence-corrected chi connectivity index (χ4v) is 1.87. The summed E-state index contributed by atoms with van der Waals surface area (Å²) in [5, 5.41) is 0. The number of hydrogen-bond donors (Lipinski definition) is 0. The second-order valence-electron chi connectivity index (χ2n) is 3.81. The van der Waals surface area contributed by atoms with Crippen molar-refractivity contribution in [2.24, 2.45) is 5.92 Å². The van der Waals surface area contributed by atoms with Crippen molar-refractivity contribution < 1.29 is 14.3 Å². The van der Waals surface area contributed by atoms with E-state index in [1.165, 1.54) is 0 Å². The summed E-state index contributed by atoms with van der Waals surface area (Å²) in [5.74, 6) is 0.475. The molecule has 0 aromatic carbocycles. The molecular formula is C11H21NO3. The summed E-state index contributed by atoms with van der Waals surface area (Å²) in [7, 11) is 0. The molecule has 1 heterocycles. The number of nitrogens with zero attached hydrogens (tertiary/aromatic N) is 1. The minimum absolute atomic E-state index is 0.182. The molecule has 88 valence electrons. The second kappa shape index (κ2) is 6.67. The van der Waals surface area contributed by atoms with Crippen LogP contribution in [0.25, 0.3) is 0 Å². The summed E-state index contributed by atoms with van der Waals surface area (Å²) < 4.78 is 10.4. The van der Waals surface area contributed by atoms with Gasteiger partial charge in [-0.1, -0.05) is 0 Å². The van der Waals surface area contributed by atoms with Crippen molar-refractivity contribution in [1.29, 1.82) is 0 Å². The quantitative estimate of drug-likeness (QED) is 0.719. The number of carbonyl (C=O) groups is 1. The number of hydrogen-bond acceptors (Lipinski definition) is 3. The molecule has 1 fully saturated rings. The highest BCUT2D eigenvalue weighted by molar-refractivity contribution is 5.67. The highest BCUT2D eigenvalue weighted by Crippen LogP contribution is 2.17. The van der Waals surface area contributed by atoms with Gasteiger partial charge in [0.15, 0.2) is 0 Å². The van der Waals surface area contributed by atoms with Crippen LogP contribution in [-0.4, -0.2) is 43.9 Å². The van der Waals surface area contributed by atoms with Crippen LogP contribution in [0, 0.1) is 5.92 Å². The SMILES string of the molecule is CCOCC1CCCN(C(=O)OCC)C1. The van der Waals surface area contributed by atoms with Crippen molar-refractivity contribution in [2.45, 2.75) is 26.7 Å². The minimum atomic E-state index is -0.182. The van der Waals surface area contributed by atoms with Gasteiger partial charge in [-0.2, -0.15) is 0 Å². The monoisotopic (exact) mass is 215 g/mol. The molecule has 0 spiro atoms. The molecule has 0 N–H and O–H groups in total. The zero-order chi connectivity index (χ0) is 11.1. The number of rotatable bonds is 4. The van der Waals surface area contributed by atoms with Gasteiger partial charge in [-0.05, 0) is 26.7 Å². The molecule has 1 aliphatic heterocycles. The molecule has 0 saturated carbocycles. The molecule has 1 amide bonds. The molecule has 15 heavy (non-hydrogen) atoms. The maximum atomic E-state index is 11.5. The number of likely N-dealkylation sites (tertiary alicyclic amines) is 1. The Kier molecular flexibility index (Phi) is 5.47. The molecule has 0 bridgehead atoms. The summed E-state index contributed by atoms with van der Waals surface area (Å²) in [6, 6.07) is 0. The van der Waals surface area contributed by atoms with E-state index in [4.69, 9.17) is 9.47 Å². The van der Waals surface area contributed by atoms with E-state index in [1.54, 1.807) is 4.90 Å². The molecular weight excluding hydrogens is 194 g/mol. The molecule has 0 radical (unpaired) electrons. The Morgan fingerprint density at radius 1 is 1.40 bits per heavy atom. The predicted octanol–water partition coefficient (Wildman–Crippen LogP) is 1.89. The summed E-state index contributed by atoms with van der Waals surface area (Å²) >= 11 is 0. The number of amides is 1. The van der Waals surface area contributed by atoms with Gasteiger partial charge in [0.1, 0.15) is 0 Å². The standard InChI is InChI=1S/C11H21NO3/c1-3-14-9-10-6-5-7-12(8-10)11(13)15-4-2/h10H,3-9H2,1-2H3. The van der Waals surface area contributed by atoms with E-state index in [1.807, 2.05) is 13.8 Å². The predicted molar refractivity (Wildman–Crippen MR) is 57.8 cm³/mol. The van der Waals surface area contributed by atoms with Crippen LogP contribution in [-0.2, 0) is 9.47 Å². The van der Waals surface area contributed by atoms with Crippen LogP contribution in [0.1, 0.15) is 26.7 Å². The van der Waals surface area contributed by atoms with Gasteiger partial charge < -0.3 is 14.4 Å². The van der Waals surface area contributed by atoms with Crippen LogP contribution in [0.15, 0.2) is 0 Å². The molecule has 1 atom stereocenters. The molecule has 1 aliphatic rings. The van der Waals surface area contributed by atoms with E-state index in [0.29, 0.717) is 12.5 Å². The fraction of sp³-hybridized carbons (Fsp3) is 0.909. The summed E-state index contributed by atoms with van der Waals surface area (Å²) in [6.45, 7) is 7.37. The van der Waals surface area contributed by atoms with Gasteiger partial charge in [0.05, 0.1) is 13.2 Å². The number of carbonyl (C=O) groups excluding carboxylic acids is 1. The normalized spacial score (nSPS) is 21.5. The Labute approximate surface area is 91.5 Å². The molecule has 1 saturated heterocycles. The number of piperidine rings is 1. The van der Waals surface area contributed by atoms with Crippen LogP contribution in [0.2, 0.25) is 0 Å². The third-order valence-electron chi connectivity index (χ3n) is 2.60. The molecule has 4 nitrogen and oxygen atoms in total. The van der Waals surface area contributed by atoms with E-state index in [9.17, 15) is 4.79 Å². The van der Waals surface area contributed by atoms with E-state index in [0.717, 1.165) is 39.1 Å².